The van der Waals surface area contributed by atoms with Gasteiger partial charge in [-0.2, -0.15) is 4.72 Å². The molecule has 5 rings (SSSR count). The molecule has 212 valence electrons. The first-order chi connectivity index (χ1) is 19.2. The number of rotatable bonds is 8. The van der Waals surface area contributed by atoms with Crippen LogP contribution in [-0.2, 0) is 26.2 Å². The van der Waals surface area contributed by atoms with Gasteiger partial charge in [0.1, 0.15) is 12.4 Å². The van der Waals surface area contributed by atoms with Gasteiger partial charge in [-0.25, -0.2) is 23.4 Å². The Morgan fingerprint density at radius 1 is 1.15 bits per heavy atom. The van der Waals surface area contributed by atoms with Crippen molar-refractivity contribution in [2.75, 3.05) is 31.1 Å². The van der Waals surface area contributed by atoms with Gasteiger partial charge >= 0.3 is 5.97 Å². The molecule has 0 unspecified atom stereocenters. The molecule has 2 aliphatic rings. The lowest BCUT2D eigenvalue weighted by atomic mass is 9.96. The summed E-state index contributed by atoms with van der Waals surface area (Å²) in [5.41, 5.74) is 1.73. The van der Waals surface area contributed by atoms with Crippen LogP contribution >= 0.6 is 0 Å². The Bertz CT molecular complexity index is 1530. The van der Waals surface area contributed by atoms with Crippen molar-refractivity contribution in [1.82, 2.24) is 34.9 Å². The summed E-state index contributed by atoms with van der Waals surface area (Å²) in [5.74, 6) is -0.440. The minimum atomic E-state index is -4.07. The molecule has 1 amide bonds. The smallest absolute Gasteiger partial charge is 0.323 e. The van der Waals surface area contributed by atoms with Crippen LogP contribution in [0.3, 0.4) is 0 Å². The number of aliphatic carboxylic acids is 1. The number of nitrogens with one attached hydrogen (secondary N) is 3. The predicted molar refractivity (Wildman–Crippen MR) is 146 cm³/mol. The number of sulfonamides is 1. The van der Waals surface area contributed by atoms with E-state index >= 15 is 0 Å². The number of benzene rings is 1. The predicted octanol–water partition coefficient (Wildman–Crippen LogP) is 0.248. The van der Waals surface area contributed by atoms with E-state index in [2.05, 4.69) is 35.3 Å². The van der Waals surface area contributed by atoms with Gasteiger partial charge in [0.05, 0.1) is 17.8 Å². The number of hydrogen-bond donors (Lipinski definition) is 4. The van der Waals surface area contributed by atoms with Crippen molar-refractivity contribution in [2.24, 2.45) is 10.9 Å². The van der Waals surface area contributed by atoms with Crippen LogP contribution in [0.2, 0.25) is 0 Å². The second kappa shape index (κ2) is 11.6. The number of carbonyl (C=O) groups is 2. The maximum Gasteiger partial charge on any atom is 0.323 e. The monoisotopic (exact) mass is 569 g/mol. The van der Waals surface area contributed by atoms with Crippen molar-refractivity contribution in [1.29, 1.82) is 0 Å². The highest BCUT2D eigenvalue weighted by molar-refractivity contribution is 7.89. The number of carboxylic acids is 1. The van der Waals surface area contributed by atoms with Gasteiger partial charge < -0.3 is 19.9 Å². The highest BCUT2D eigenvalue weighted by atomic mass is 32.2. The SMILES string of the molecule is Cc1ccc(S(=O)(=O)N[C@@H](Cn2cnc3c(N4CCC(C(=O)NC5=NCCCN5)CC4)ncnc32)C(=O)O)cc1. The number of hydrogen-bond acceptors (Lipinski definition) is 10. The zero-order valence-corrected chi connectivity index (χ0v) is 22.8. The minimum Gasteiger partial charge on any atom is -0.480 e. The van der Waals surface area contributed by atoms with Crippen molar-refractivity contribution in [3.05, 3.63) is 42.5 Å². The normalized spacial score (nSPS) is 17.2. The standard InChI is InChI=1S/C25H31N9O5S/c1-16-3-5-18(6-4-16)40(38,39)32-19(24(36)37)13-34-15-30-20-21(28-14-29-22(20)34)33-11-7-17(8-12-33)23(35)31-25-26-9-2-10-27-25/h3-6,14-15,17,19,32H,2,7-13H2,1H3,(H,36,37)(H2,26,27,31,35)/t19-/m0/s1. The van der Waals surface area contributed by atoms with Gasteiger partial charge in [-0.1, -0.05) is 17.7 Å². The molecule has 1 fully saturated rings. The summed E-state index contributed by atoms with van der Waals surface area (Å²) < 4.78 is 29.4. The van der Waals surface area contributed by atoms with Crippen LogP contribution in [0.15, 0.2) is 46.8 Å². The van der Waals surface area contributed by atoms with Crippen molar-refractivity contribution in [3.63, 3.8) is 0 Å². The summed E-state index contributed by atoms with van der Waals surface area (Å²) in [6.45, 7) is 4.24. The van der Waals surface area contributed by atoms with Crippen LogP contribution in [0.5, 0.6) is 0 Å². The van der Waals surface area contributed by atoms with Crippen LogP contribution < -0.4 is 20.3 Å². The quantitative estimate of drug-likeness (QED) is 0.293. The molecule has 40 heavy (non-hydrogen) atoms. The van der Waals surface area contributed by atoms with Gasteiger partial charge in [-0.05, 0) is 38.3 Å². The van der Waals surface area contributed by atoms with Gasteiger partial charge in [-0.15, -0.1) is 0 Å². The molecule has 2 aromatic heterocycles. The van der Waals surface area contributed by atoms with Gasteiger partial charge in [0, 0.05) is 32.1 Å². The Labute approximate surface area is 231 Å². The third-order valence-electron chi connectivity index (χ3n) is 6.99. The van der Waals surface area contributed by atoms with E-state index in [1.807, 2.05) is 11.8 Å². The molecular formula is C25H31N9O5S. The highest BCUT2D eigenvalue weighted by Crippen LogP contribution is 2.27. The van der Waals surface area contributed by atoms with E-state index in [4.69, 9.17) is 0 Å². The molecule has 3 aromatic rings. The number of fused-ring (bicyclic) bond motifs is 1. The lowest BCUT2D eigenvalue weighted by Gasteiger charge is -2.32. The molecular weight excluding hydrogens is 538 g/mol. The van der Waals surface area contributed by atoms with Crippen molar-refractivity contribution < 1.29 is 23.1 Å². The molecule has 0 radical (unpaired) electrons. The van der Waals surface area contributed by atoms with Gasteiger partial charge in [0.25, 0.3) is 0 Å². The Kier molecular flexibility index (Phi) is 7.93. The van der Waals surface area contributed by atoms with E-state index in [0.29, 0.717) is 55.4 Å². The van der Waals surface area contributed by atoms with Crippen LogP contribution in [-0.4, -0.2) is 83.1 Å². The third kappa shape index (κ3) is 6.04. The molecule has 1 aromatic carbocycles. The van der Waals surface area contributed by atoms with Crippen LogP contribution in [0.4, 0.5) is 5.82 Å². The minimum absolute atomic E-state index is 0.0236. The number of guanidine groups is 1. The summed E-state index contributed by atoms with van der Waals surface area (Å²) >= 11 is 0. The fraction of sp³-hybridized carbons (Fsp3) is 0.440. The summed E-state index contributed by atoms with van der Waals surface area (Å²) in [6.07, 6.45) is 4.98. The Hall–Kier alpha value is -4.11. The van der Waals surface area contributed by atoms with Crippen LogP contribution in [0.25, 0.3) is 11.2 Å². The zero-order chi connectivity index (χ0) is 28.3. The summed E-state index contributed by atoms with van der Waals surface area (Å²) in [5, 5.41) is 15.8. The summed E-state index contributed by atoms with van der Waals surface area (Å²) in [4.78, 5) is 44.1. The maximum atomic E-state index is 12.8. The lowest BCUT2D eigenvalue weighted by molar-refractivity contribution is -0.139. The highest BCUT2D eigenvalue weighted by Gasteiger charge is 2.30. The van der Waals surface area contributed by atoms with Crippen LogP contribution in [0.1, 0.15) is 24.8 Å². The average Bonchev–Trinajstić information content (AvgIpc) is 3.36. The Balaban J connectivity index is 1.27. The van der Waals surface area contributed by atoms with Crippen molar-refractivity contribution in [3.8, 4) is 0 Å². The molecule has 4 heterocycles. The second-order valence-electron chi connectivity index (χ2n) is 9.85. The van der Waals surface area contributed by atoms with Gasteiger partial charge in [0.15, 0.2) is 22.9 Å². The second-order valence-corrected chi connectivity index (χ2v) is 11.6. The number of carbonyl (C=O) groups excluding carboxylic acids is 1. The number of imidazole rings is 1. The number of aliphatic imine (C=N–C) groups is 1. The molecule has 15 heteroatoms. The molecule has 4 N–H and O–H groups in total. The molecule has 2 aliphatic heterocycles. The molecule has 1 atom stereocenters. The van der Waals surface area contributed by atoms with Gasteiger partial charge in [-0.3, -0.25) is 19.9 Å². The number of amides is 1. The first-order valence-corrected chi connectivity index (χ1v) is 14.5. The summed E-state index contributed by atoms with van der Waals surface area (Å²) in [7, 11) is -4.07. The fourth-order valence-corrected chi connectivity index (χ4v) is 5.94. The fourth-order valence-electron chi connectivity index (χ4n) is 4.76. The van der Waals surface area contributed by atoms with E-state index < -0.39 is 22.0 Å². The van der Waals surface area contributed by atoms with E-state index in [1.54, 1.807) is 12.1 Å². The average molecular weight is 570 g/mol. The maximum absolute atomic E-state index is 12.8. The largest absolute Gasteiger partial charge is 0.480 e. The van der Waals surface area contributed by atoms with E-state index in [0.717, 1.165) is 18.5 Å². The number of nitrogens with zero attached hydrogens (tertiary/aromatic N) is 6. The molecule has 1 saturated heterocycles. The first kappa shape index (κ1) is 27.5. The molecule has 0 saturated carbocycles. The topological polar surface area (TPSA) is 184 Å². The first-order valence-electron chi connectivity index (χ1n) is 13.0. The Morgan fingerprint density at radius 3 is 2.58 bits per heavy atom. The number of carboxylic acid groups (broad SMARTS) is 1. The Morgan fingerprint density at radius 2 is 1.90 bits per heavy atom. The third-order valence-corrected chi connectivity index (χ3v) is 8.48. The number of anilines is 1. The van der Waals surface area contributed by atoms with Crippen molar-refractivity contribution >= 4 is 44.8 Å². The van der Waals surface area contributed by atoms with Crippen molar-refractivity contribution in [2.45, 2.75) is 43.7 Å². The number of piperidine rings is 1. The van der Waals surface area contributed by atoms with E-state index in [-0.39, 0.29) is 23.3 Å². The lowest BCUT2D eigenvalue weighted by Crippen LogP contribution is -2.48. The summed E-state index contributed by atoms with van der Waals surface area (Å²) in [6, 6.07) is 4.68. The zero-order valence-electron chi connectivity index (χ0n) is 21.9. The van der Waals surface area contributed by atoms with Gasteiger partial charge in [0.2, 0.25) is 15.9 Å². The number of aryl methyl sites for hydroxylation is 1. The van der Waals surface area contributed by atoms with E-state index in [9.17, 15) is 23.1 Å². The molecule has 0 aliphatic carbocycles. The molecule has 14 nitrogen and oxygen atoms in total. The van der Waals surface area contributed by atoms with E-state index in [1.165, 1.54) is 29.4 Å². The number of aromatic nitrogens is 4. The molecule has 0 bridgehead atoms. The van der Waals surface area contributed by atoms with Crippen LogP contribution in [0, 0.1) is 12.8 Å². The molecule has 0 spiro atoms.